The molecule has 0 aliphatic heterocycles. The number of carboxylic acid groups (broad SMARTS) is 3. The predicted octanol–water partition coefficient (Wildman–Crippen LogP) is -3.28. The molecule has 9 nitrogen and oxygen atoms in total. The van der Waals surface area contributed by atoms with E-state index < -0.39 is 36.4 Å². The molecule has 0 bridgehead atoms. The third kappa shape index (κ3) is 9.17. The van der Waals surface area contributed by atoms with Crippen LogP contribution in [0.2, 0.25) is 0 Å². The number of aliphatic hydroxyl groups is 1. The van der Waals surface area contributed by atoms with Gasteiger partial charge in [0.2, 0.25) is 0 Å². The number of hydrogen-bond acceptors (Lipinski definition) is 4. The molecule has 1 radical (unpaired) electrons. The van der Waals surface area contributed by atoms with Gasteiger partial charge in [0.1, 0.15) is 0 Å². The molecule has 0 spiro atoms. The zero-order valence-electron chi connectivity index (χ0n) is 8.43. The Bertz CT molecular complexity index is 234. The maximum atomic E-state index is 10.3. The molecule has 0 rings (SSSR count). The molecule has 0 heterocycles. The second-order valence-corrected chi connectivity index (χ2v) is 2.48. The predicted molar refractivity (Wildman–Crippen MR) is 50.1 cm³/mol. The quantitative estimate of drug-likeness (QED) is 0.374. The third-order valence-electron chi connectivity index (χ3n) is 1.29. The first-order valence-corrected chi connectivity index (χ1v) is 3.17. The van der Waals surface area contributed by atoms with Gasteiger partial charge in [-0.3, -0.25) is 9.59 Å². The molecule has 0 saturated carbocycles. The molecular formula is C6H12KO9. The Balaban J connectivity index is -0.000000240. The van der Waals surface area contributed by atoms with E-state index in [-0.39, 0.29) is 62.3 Å². The molecule has 0 aliphatic rings. The minimum atomic E-state index is -2.74. The Morgan fingerprint density at radius 2 is 1.12 bits per heavy atom. The molecule has 0 atom stereocenters. The number of carboxylic acids is 3. The molecule has 8 N–H and O–H groups in total. The van der Waals surface area contributed by atoms with Crippen molar-refractivity contribution in [2.45, 2.75) is 18.4 Å². The van der Waals surface area contributed by atoms with E-state index >= 15 is 0 Å². The molecule has 0 aromatic rings. The summed E-state index contributed by atoms with van der Waals surface area (Å²) in [6.07, 6.45) is -2.29. The van der Waals surface area contributed by atoms with E-state index in [0.29, 0.717) is 0 Å². The van der Waals surface area contributed by atoms with E-state index in [1.54, 1.807) is 0 Å². The zero-order chi connectivity index (χ0) is 10.6. The van der Waals surface area contributed by atoms with Crippen LogP contribution in [0.5, 0.6) is 0 Å². The summed E-state index contributed by atoms with van der Waals surface area (Å²) in [5.41, 5.74) is -2.74. The van der Waals surface area contributed by atoms with Crippen molar-refractivity contribution in [1.29, 1.82) is 0 Å². The first-order valence-electron chi connectivity index (χ1n) is 3.17. The molecule has 91 valence electrons. The SMILES string of the molecule is O.O.O=C(O)CC(O)(CC(=O)O)C(=O)O.[K]. The standard InChI is InChI=1S/C6H8O7.K.2H2O/c7-3(8)1-6(13,5(11)12)2-4(9)10;;;/h13H,1-2H2,(H,7,8)(H,9,10)(H,11,12);;2*1H2. The zero-order valence-corrected chi connectivity index (χ0v) is 11.6. The molecule has 0 fully saturated rings. The third-order valence-corrected chi connectivity index (χ3v) is 1.29. The minimum absolute atomic E-state index is 0. The Hall–Kier alpha value is -0.0736. The average Bonchev–Trinajstić information content (AvgIpc) is 1.82. The fourth-order valence-corrected chi connectivity index (χ4v) is 0.714. The smallest absolute Gasteiger partial charge is 0.336 e. The first kappa shape index (κ1) is 24.9. The van der Waals surface area contributed by atoms with Crippen molar-refractivity contribution in [2.24, 2.45) is 0 Å². The van der Waals surface area contributed by atoms with Gasteiger partial charge in [-0.25, -0.2) is 4.79 Å². The molecule has 0 aliphatic carbocycles. The summed E-state index contributed by atoms with van der Waals surface area (Å²) in [5, 5.41) is 33.8. The van der Waals surface area contributed by atoms with Crippen LogP contribution in [0.25, 0.3) is 0 Å². The van der Waals surface area contributed by atoms with Crippen LogP contribution in [0.15, 0.2) is 0 Å². The van der Waals surface area contributed by atoms with E-state index in [1.807, 2.05) is 0 Å². The van der Waals surface area contributed by atoms with Crippen LogP contribution in [0.1, 0.15) is 12.8 Å². The second kappa shape index (κ2) is 10.1. The summed E-state index contributed by atoms with van der Waals surface area (Å²) < 4.78 is 0. The summed E-state index contributed by atoms with van der Waals surface area (Å²) in [6.45, 7) is 0. The van der Waals surface area contributed by atoms with Gasteiger partial charge in [0.25, 0.3) is 0 Å². The van der Waals surface area contributed by atoms with Crippen LogP contribution in [0, 0.1) is 0 Å². The first-order chi connectivity index (χ1) is 5.78. The van der Waals surface area contributed by atoms with Crippen LogP contribution >= 0.6 is 0 Å². The summed E-state index contributed by atoms with van der Waals surface area (Å²) in [5.74, 6) is -5.02. The number of rotatable bonds is 5. The fourth-order valence-electron chi connectivity index (χ4n) is 0.714. The minimum Gasteiger partial charge on any atom is -0.481 e. The van der Waals surface area contributed by atoms with Gasteiger partial charge in [-0.15, -0.1) is 0 Å². The van der Waals surface area contributed by atoms with Gasteiger partial charge in [-0.2, -0.15) is 0 Å². The van der Waals surface area contributed by atoms with Gasteiger partial charge in [0.15, 0.2) is 5.60 Å². The van der Waals surface area contributed by atoms with Gasteiger partial charge in [0.05, 0.1) is 12.8 Å². The molecule has 0 amide bonds. The van der Waals surface area contributed by atoms with Crippen molar-refractivity contribution in [3.05, 3.63) is 0 Å². The maximum Gasteiger partial charge on any atom is 0.336 e. The Labute approximate surface area is 132 Å². The fraction of sp³-hybridized carbons (Fsp3) is 0.500. The van der Waals surface area contributed by atoms with E-state index in [0.717, 1.165) is 0 Å². The topological polar surface area (TPSA) is 195 Å². The van der Waals surface area contributed by atoms with Crippen LogP contribution in [0.3, 0.4) is 0 Å². The monoisotopic (exact) mass is 267 g/mol. The van der Waals surface area contributed by atoms with Gasteiger partial charge in [-0.05, 0) is 0 Å². The van der Waals surface area contributed by atoms with Crippen LogP contribution < -0.4 is 0 Å². The number of aliphatic carboxylic acids is 3. The van der Waals surface area contributed by atoms with Crippen LogP contribution in [-0.4, -0.2) is 106 Å². The van der Waals surface area contributed by atoms with Crippen LogP contribution in [-0.2, 0) is 14.4 Å². The maximum absolute atomic E-state index is 10.3. The molecule has 0 aromatic carbocycles. The van der Waals surface area contributed by atoms with Crippen molar-refractivity contribution in [1.82, 2.24) is 0 Å². The van der Waals surface area contributed by atoms with E-state index in [4.69, 9.17) is 20.4 Å². The number of carbonyl (C=O) groups is 3. The summed E-state index contributed by atoms with van der Waals surface area (Å²) in [6, 6.07) is 0. The Morgan fingerprint density at radius 3 is 1.25 bits per heavy atom. The Kier molecular flexibility index (Phi) is 15.8. The van der Waals surface area contributed by atoms with Crippen LogP contribution in [0.4, 0.5) is 0 Å². The summed E-state index contributed by atoms with van der Waals surface area (Å²) in [4.78, 5) is 30.5. The van der Waals surface area contributed by atoms with Crippen molar-refractivity contribution in [2.75, 3.05) is 0 Å². The van der Waals surface area contributed by atoms with Gasteiger partial charge < -0.3 is 31.4 Å². The van der Waals surface area contributed by atoms with E-state index in [9.17, 15) is 14.4 Å². The molecule has 10 heteroatoms. The molecule has 0 aromatic heterocycles. The van der Waals surface area contributed by atoms with Gasteiger partial charge >= 0.3 is 17.9 Å². The Morgan fingerprint density at radius 1 is 0.875 bits per heavy atom. The van der Waals surface area contributed by atoms with E-state index in [1.165, 1.54) is 0 Å². The second-order valence-electron chi connectivity index (χ2n) is 2.48. The molecule has 16 heavy (non-hydrogen) atoms. The molecule has 0 saturated heterocycles. The van der Waals surface area contributed by atoms with Crippen molar-refractivity contribution in [3.63, 3.8) is 0 Å². The van der Waals surface area contributed by atoms with Crippen molar-refractivity contribution < 1.29 is 45.8 Å². The van der Waals surface area contributed by atoms with Crippen molar-refractivity contribution >= 4 is 69.3 Å². The normalized spacial score (nSPS) is 8.81. The number of hydrogen-bond donors (Lipinski definition) is 4. The van der Waals surface area contributed by atoms with E-state index in [2.05, 4.69) is 0 Å². The summed E-state index contributed by atoms with van der Waals surface area (Å²) >= 11 is 0. The average molecular weight is 267 g/mol. The van der Waals surface area contributed by atoms with Gasteiger partial charge in [0, 0.05) is 51.4 Å². The summed E-state index contributed by atoms with van der Waals surface area (Å²) in [7, 11) is 0. The molecule has 0 unspecified atom stereocenters. The van der Waals surface area contributed by atoms with Crippen molar-refractivity contribution in [3.8, 4) is 0 Å². The molecular weight excluding hydrogens is 255 g/mol. The van der Waals surface area contributed by atoms with Gasteiger partial charge in [-0.1, -0.05) is 0 Å². The largest absolute Gasteiger partial charge is 0.481 e.